The molecule has 20 heavy (non-hydrogen) atoms. The van der Waals surface area contributed by atoms with Gasteiger partial charge in [0.25, 0.3) is 0 Å². The Hall–Kier alpha value is -2.37. The summed E-state index contributed by atoms with van der Waals surface area (Å²) in [5.74, 6) is 0.982. The van der Waals surface area contributed by atoms with Gasteiger partial charge in [-0.2, -0.15) is 4.98 Å². The molecule has 0 fully saturated rings. The third kappa shape index (κ3) is 3.57. The maximum Gasteiger partial charge on any atom is 0.242 e. The van der Waals surface area contributed by atoms with Crippen LogP contribution in [0, 0.1) is 6.92 Å². The van der Waals surface area contributed by atoms with Gasteiger partial charge in [0.15, 0.2) is 5.82 Å². The van der Waals surface area contributed by atoms with E-state index in [0.717, 1.165) is 17.8 Å². The van der Waals surface area contributed by atoms with Gasteiger partial charge < -0.3 is 15.8 Å². The van der Waals surface area contributed by atoms with E-state index in [1.807, 2.05) is 32.0 Å². The van der Waals surface area contributed by atoms with Gasteiger partial charge in [-0.1, -0.05) is 13.0 Å². The first-order chi connectivity index (χ1) is 9.70. The van der Waals surface area contributed by atoms with Gasteiger partial charge in [0.1, 0.15) is 12.0 Å². The Labute approximate surface area is 118 Å². The molecule has 0 saturated heterocycles. The SMILES string of the molecule is CCCOc1ncnc(NCc2cccc(C)n2)c1N. The smallest absolute Gasteiger partial charge is 0.242 e. The number of anilines is 2. The largest absolute Gasteiger partial charge is 0.476 e. The summed E-state index contributed by atoms with van der Waals surface area (Å²) >= 11 is 0. The molecule has 2 aromatic heterocycles. The number of rotatable bonds is 6. The molecule has 3 N–H and O–H groups in total. The molecular formula is C14H19N5O. The Morgan fingerprint density at radius 1 is 1.30 bits per heavy atom. The first kappa shape index (κ1) is 14.0. The van der Waals surface area contributed by atoms with E-state index < -0.39 is 0 Å². The van der Waals surface area contributed by atoms with Crippen LogP contribution in [0.1, 0.15) is 24.7 Å². The Balaban J connectivity index is 2.06. The lowest BCUT2D eigenvalue weighted by Crippen LogP contribution is -2.09. The number of aromatic nitrogens is 3. The van der Waals surface area contributed by atoms with Crippen molar-refractivity contribution in [3.8, 4) is 5.88 Å². The molecule has 6 nitrogen and oxygen atoms in total. The zero-order valence-corrected chi connectivity index (χ0v) is 11.8. The van der Waals surface area contributed by atoms with E-state index in [1.54, 1.807) is 0 Å². The third-order valence-corrected chi connectivity index (χ3v) is 2.67. The lowest BCUT2D eigenvalue weighted by atomic mass is 10.3. The number of nitrogens with two attached hydrogens (primary N) is 1. The van der Waals surface area contributed by atoms with E-state index in [4.69, 9.17) is 10.5 Å². The van der Waals surface area contributed by atoms with Crippen LogP contribution in [0.15, 0.2) is 24.5 Å². The van der Waals surface area contributed by atoms with Crippen LogP contribution in [0.25, 0.3) is 0 Å². The summed E-state index contributed by atoms with van der Waals surface area (Å²) in [6.45, 7) is 5.12. The summed E-state index contributed by atoms with van der Waals surface area (Å²) in [7, 11) is 0. The second-order valence-electron chi connectivity index (χ2n) is 4.41. The second kappa shape index (κ2) is 6.70. The van der Waals surface area contributed by atoms with E-state index >= 15 is 0 Å². The Morgan fingerprint density at radius 3 is 2.90 bits per heavy atom. The lowest BCUT2D eigenvalue weighted by Gasteiger charge is -2.11. The number of hydrogen-bond acceptors (Lipinski definition) is 6. The van der Waals surface area contributed by atoms with Gasteiger partial charge in [-0.3, -0.25) is 4.98 Å². The summed E-state index contributed by atoms with van der Waals surface area (Å²) < 4.78 is 5.47. The molecule has 0 atom stereocenters. The van der Waals surface area contributed by atoms with Gasteiger partial charge >= 0.3 is 0 Å². The van der Waals surface area contributed by atoms with Crippen molar-refractivity contribution in [2.75, 3.05) is 17.7 Å². The Kier molecular flexibility index (Phi) is 4.70. The molecule has 0 amide bonds. The molecule has 0 bridgehead atoms. The van der Waals surface area contributed by atoms with E-state index in [9.17, 15) is 0 Å². The second-order valence-corrected chi connectivity index (χ2v) is 4.41. The van der Waals surface area contributed by atoms with Crippen molar-refractivity contribution in [2.24, 2.45) is 0 Å². The van der Waals surface area contributed by atoms with E-state index in [1.165, 1.54) is 6.33 Å². The summed E-state index contributed by atoms with van der Waals surface area (Å²) in [5, 5.41) is 3.15. The van der Waals surface area contributed by atoms with Gasteiger partial charge in [-0.25, -0.2) is 4.98 Å². The van der Waals surface area contributed by atoms with Crippen molar-refractivity contribution in [3.63, 3.8) is 0 Å². The molecule has 6 heteroatoms. The van der Waals surface area contributed by atoms with Gasteiger partial charge in [-0.15, -0.1) is 0 Å². The van der Waals surface area contributed by atoms with Crippen LogP contribution >= 0.6 is 0 Å². The fourth-order valence-electron chi connectivity index (χ4n) is 1.71. The molecule has 0 aliphatic heterocycles. The zero-order chi connectivity index (χ0) is 14.4. The van der Waals surface area contributed by atoms with Crippen LogP contribution in [0.3, 0.4) is 0 Å². The summed E-state index contributed by atoms with van der Waals surface area (Å²) in [4.78, 5) is 12.6. The van der Waals surface area contributed by atoms with Crippen molar-refractivity contribution in [1.29, 1.82) is 0 Å². The third-order valence-electron chi connectivity index (χ3n) is 2.67. The predicted octanol–water partition coefficient (Wildman–Crippen LogP) is 2.16. The molecule has 0 aliphatic rings. The van der Waals surface area contributed by atoms with Crippen LogP contribution < -0.4 is 15.8 Å². The molecule has 0 aliphatic carbocycles. The highest BCUT2D eigenvalue weighted by Crippen LogP contribution is 2.24. The highest BCUT2D eigenvalue weighted by atomic mass is 16.5. The first-order valence-electron chi connectivity index (χ1n) is 6.60. The van der Waals surface area contributed by atoms with Crippen molar-refractivity contribution < 1.29 is 4.74 Å². The average molecular weight is 273 g/mol. The topological polar surface area (TPSA) is 86.0 Å². The van der Waals surface area contributed by atoms with E-state index in [0.29, 0.717) is 30.5 Å². The Bertz CT molecular complexity index is 573. The van der Waals surface area contributed by atoms with Crippen molar-refractivity contribution in [3.05, 3.63) is 35.9 Å². The van der Waals surface area contributed by atoms with Gasteiger partial charge in [0.2, 0.25) is 5.88 Å². The minimum atomic E-state index is 0.418. The predicted molar refractivity (Wildman–Crippen MR) is 78.5 cm³/mol. The highest BCUT2D eigenvalue weighted by Gasteiger charge is 2.09. The normalized spacial score (nSPS) is 10.3. The average Bonchev–Trinajstić information content (AvgIpc) is 2.45. The molecule has 0 unspecified atom stereocenters. The number of nitrogens with one attached hydrogen (secondary N) is 1. The molecule has 0 radical (unpaired) electrons. The van der Waals surface area contributed by atoms with Crippen molar-refractivity contribution in [1.82, 2.24) is 15.0 Å². The minimum absolute atomic E-state index is 0.418. The number of nitrogen functional groups attached to an aromatic ring is 1. The molecule has 106 valence electrons. The number of ether oxygens (including phenoxy) is 1. The van der Waals surface area contributed by atoms with E-state index in [2.05, 4.69) is 20.3 Å². The summed E-state index contributed by atoms with van der Waals surface area (Å²) in [6.07, 6.45) is 2.34. The standard InChI is InChI=1S/C14H19N5O/c1-3-7-20-14-12(15)13(17-9-18-14)16-8-11-6-4-5-10(2)19-11/h4-6,9H,3,7-8,15H2,1-2H3,(H,16,17,18). The van der Waals surface area contributed by atoms with Gasteiger partial charge in [0.05, 0.1) is 18.8 Å². The van der Waals surface area contributed by atoms with E-state index in [-0.39, 0.29) is 0 Å². The maximum atomic E-state index is 5.99. The lowest BCUT2D eigenvalue weighted by molar-refractivity contribution is 0.306. The fourth-order valence-corrected chi connectivity index (χ4v) is 1.71. The zero-order valence-electron chi connectivity index (χ0n) is 11.8. The number of hydrogen-bond donors (Lipinski definition) is 2. The molecular weight excluding hydrogens is 254 g/mol. The van der Waals surface area contributed by atoms with Crippen molar-refractivity contribution in [2.45, 2.75) is 26.8 Å². The number of pyridine rings is 1. The number of nitrogens with zero attached hydrogens (tertiary/aromatic N) is 3. The number of aryl methyl sites for hydroxylation is 1. The monoisotopic (exact) mass is 273 g/mol. The maximum absolute atomic E-state index is 5.99. The summed E-state index contributed by atoms with van der Waals surface area (Å²) in [5.41, 5.74) is 8.32. The quantitative estimate of drug-likeness (QED) is 0.838. The first-order valence-corrected chi connectivity index (χ1v) is 6.60. The molecule has 0 aromatic carbocycles. The molecule has 0 spiro atoms. The van der Waals surface area contributed by atoms with Gasteiger partial charge in [-0.05, 0) is 25.5 Å². The minimum Gasteiger partial charge on any atom is -0.476 e. The molecule has 0 saturated carbocycles. The van der Waals surface area contributed by atoms with Crippen LogP contribution in [0.4, 0.5) is 11.5 Å². The Morgan fingerprint density at radius 2 is 2.15 bits per heavy atom. The van der Waals surface area contributed by atoms with Crippen LogP contribution in [0.2, 0.25) is 0 Å². The molecule has 2 rings (SSSR count). The van der Waals surface area contributed by atoms with Crippen LogP contribution in [-0.2, 0) is 6.54 Å². The molecule has 2 heterocycles. The highest BCUT2D eigenvalue weighted by molar-refractivity contribution is 5.66. The fraction of sp³-hybridized carbons (Fsp3) is 0.357. The van der Waals surface area contributed by atoms with Gasteiger partial charge in [0, 0.05) is 5.69 Å². The molecule has 2 aromatic rings. The van der Waals surface area contributed by atoms with Crippen molar-refractivity contribution >= 4 is 11.5 Å². The summed E-state index contributed by atoms with van der Waals surface area (Å²) in [6, 6.07) is 5.88. The van der Waals surface area contributed by atoms with Crippen LogP contribution in [0.5, 0.6) is 5.88 Å². The van der Waals surface area contributed by atoms with Crippen LogP contribution in [-0.4, -0.2) is 21.6 Å².